The van der Waals surface area contributed by atoms with Gasteiger partial charge in [-0.3, -0.25) is 14.4 Å². The minimum atomic E-state index is -0.666. The van der Waals surface area contributed by atoms with Gasteiger partial charge in [-0.2, -0.15) is 10.4 Å². The van der Waals surface area contributed by atoms with Crippen LogP contribution in [-0.2, 0) is 9.47 Å². The average molecular weight is 514 g/mol. The number of amides is 2. The van der Waals surface area contributed by atoms with Crippen LogP contribution in [0.25, 0.3) is 0 Å². The number of ether oxygens (including phenoxy) is 2. The number of benzene rings is 1. The number of nitriles is 1. The molecule has 11 nitrogen and oxygen atoms in total. The SMILES string of the molecule is N#CCC(C1CCN(C(=O)OCCN2CCOCC2)CC1)n1cc(C(N)=O)c(Nc2ccc(F)cc2)n1. The number of nitrogens with one attached hydrogen (secondary N) is 1. The fraction of sp³-hybridized carbons (Fsp3) is 0.520. The van der Waals surface area contributed by atoms with E-state index in [2.05, 4.69) is 21.4 Å². The molecule has 0 aliphatic carbocycles. The van der Waals surface area contributed by atoms with E-state index >= 15 is 0 Å². The number of halogens is 1. The highest BCUT2D eigenvalue weighted by Gasteiger charge is 2.31. The quantitative estimate of drug-likeness (QED) is 0.522. The molecule has 2 amide bonds. The third kappa shape index (κ3) is 6.96. The molecule has 1 unspecified atom stereocenters. The first kappa shape index (κ1) is 26.4. The van der Waals surface area contributed by atoms with Gasteiger partial charge in [-0.05, 0) is 43.0 Å². The predicted molar refractivity (Wildman–Crippen MR) is 133 cm³/mol. The van der Waals surface area contributed by atoms with Gasteiger partial charge in [0.25, 0.3) is 5.91 Å². The molecule has 12 heteroatoms. The van der Waals surface area contributed by atoms with E-state index < -0.39 is 5.91 Å². The number of likely N-dealkylation sites (tertiary alicyclic amines) is 1. The van der Waals surface area contributed by atoms with Crippen molar-refractivity contribution in [2.45, 2.75) is 25.3 Å². The Hall–Kier alpha value is -3.69. The van der Waals surface area contributed by atoms with Gasteiger partial charge in [-0.15, -0.1) is 0 Å². The van der Waals surface area contributed by atoms with E-state index in [1.165, 1.54) is 24.3 Å². The minimum Gasteiger partial charge on any atom is -0.448 e. The number of primary amides is 1. The van der Waals surface area contributed by atoms with Crippen molar-refractivity contribution in [3.63, 3.8) is 0 Å². The van der Waals surface area contributed by atoms with E-state index in [1.54, 1.807) is 15.8 Å². The molecule has 0 saturated carbocycles. The van der Waals surface area contributed by atoms with Crippen LogP contribution in [0.2, 0.25) is 0 Å². The summed E-state index contributed by atoms with van der Waals surface area (Å²) >= 11 is 0. The van der Waals surface area contributed by atoms with Gasteiger partial charge in [-0.25, -0.2) is 9.18 Å². The van der Waals surface area contributed by atoms with Crippen LogP contribution in [-0.4, -0.2) is 84.1 Å². The zero-order chi connectivity index (χ0) is 26.2. The second-order valence-electron chi connectivity index (χ2n) is 9.19. The largest absolute Gasteiger partial charge is 0.448 e. The summed E-state index contributed by atoms with van der Waals surface area (Å²) in [6.07, 6.45) is 2.73. The molecule has 37 heavy (non-hydrogen) atoms. The lowest BCUT2D eigenvalue weighted by Crippen LogP contribution is -2.42. The molecule has 1 aromatic heterocycles. The lowest BCUT2D eigenvalue weighted by atomic mass is 9.88. The van der Waals surface area contributed by atoms with Crippen molar-refractivity contribution in [3.8, 4) is 6.07 Å². The Kier molecular flexibility index (Phi) is 8.92. The van der Waals surface area contributed by atoms with Gasteiger partial charge in [-0.1, -0.05) is 0 Å². The molecule has 1 aromatic carbocycles. The molecule has 0 bridgehead atoms. The van der Waals surface area contributed by atoms with E-state index in [9.17, 15) is 19.2 Å². The zero-order valence-corrected chi connectivity index (χ0v) is 20.6. The van der Waals surface area contributed by atoms with E-state index in [0.717, 1.165) is 13.1 Å². The molecule has 3 heterocycles. The van der Waals surface area contributed by atoms with Crippen LogP contribution < -0.4 is 11.1 Å². The molecular formula is C25H32FN7O4. The van der Waals surface area contributed by atoms with Crippen molar-refractivity contribution in [1.29, 1.82) is 5.26 Å². The molecule has 2 saturated heterocycles. The zero-order valence-electron chi connectivity index (χ0n) is 20.6. The Morgan fingerprint density at radius 3 is 2.57 bits per heavy atom. The monoisotopic (exact) mass is 513 g/mol. The summed E-state index contributed by atoms with van der Waals surface area (Å²) in [5.74, 6) is -0.742. The summed E-state index contributed by atoms with van der Waals surface area (Å²) < 4.78 is 25.7. The van der Waals surface area contributed by atoms with Gasteiger partial charge in [0.05, 0.1) is 31.7 Å². The molecule has 1 atom stereocenters. The van der Waals surface area contributed by atoms with Crippen LogP contribution in [0.3, 0.4) is 0 Å². The van der Waals surface area contributed by atoms with Crippen molar-refractivity contribution in [2.75, 3.05) is 57.9 Å². The van der Waals surface area contributed by atoms with Crippen molar-refractivity contribution in [3.05, 3.63) is 41.8 Å². The second kappa shape index (κ2) is 12.5. The Bertz CT molecular complexity index is 1100. The van der Waals surface area contributed by atoms with Crippen LogP contribution >= 0.6 is 0 Å². The molecule has 2 aromatic rings. The molecule has 0 spiro atoms. The normalized spacial score (nSPS) is 17.7. The number of carbonyl (C=O) groups is 2. The highest BCUT2D eigenvalue weighted by Crippen LogP contribution is 2.33. The summed E-state index contributed by atoms with van der Waals surface area (Å²) in [7, 11) is 0. The number of aromatic nitrogens is 2. The summed E-state index contributed by atoms with van der Waals surface area (Å²) in [5.41, 5.74) is 6.29. The third-order valence-electron chi connectivity index (χ3n) is 6.82. The maximum Gasteiger partial charge on any atom is 0.409 e. The first-order valence-electron chi connectivity index (χ1n) is 12.4. The minimum absolute atomic E-state index is 0.0661. The highest BCUT2D eigenvalue weighted by molar-refractivity contribution is 5.98. The number of piperidine rings is 1. The van der Waals surface area contributed by atoms with Gasteiger partial charge in [0.2, 0.25) is 0 Å². The Labute approximate surface area is 214 Å². The topological polar surface area (TPSA) is 139 Å². The maximum absolute atomic E-state index is 13.3. The molecule has 2 aliphatic heterocycles. The van der Waals surface area contributed by atoms with Gasteiger partial charge < -0.3 is 25.4 Å². The molecule has 198 valence electrons. The summed E-state index contributed by atoms with van der Waals surface area (Å²) in [5, 5.41) is 17.0. The second-order valence-corrected chi connectivity index (χ2v) is 9.19. The molecule has 2 fully saturated rings. The Morgan fingerprint density at radius 2 is 1.92 bits per heavy atom. The van der Waals surface area contributed by atoms with Crippen molar-refractivity contribution in [2.24, 2.45) is 11.7 Å². The molecule has 4 rings (SSSR count). The number of anilines is 2. The highest BCUT2D eigenvalue weighted by atomic mass is 19.1. The Balaban J connectivity index is 1.36. The molecule has 3 N–H and O–H groups in total. The predicted octanol–water partition coefficient (Wildman–Crippen LogP) is 2.50. The van der Waals surface area contributed by atoms with E-state index in [1.807, 2.05) is 0 Å². The molecule has 2 aliphatic rings. The van der Waals surface area contributed by atoms with Crippen LogP contribution in [0.15, 0.2) is 30.5 Å². The number of nitrogens with two attached hydrogens (primary N) is 1. The number of hydrogen-bond donors (Lipinski definition) is 2. The lowest BCUT2D eigenvalue weighted by Gasteiger charge is -2.35. The van der Waals surface area contributed by atoms with Gasteiger partial charge >= 0.3 is 6.09 Å². The van der Waals surface area contributed by atoms with Crippen LogP contribution in [0, 0.1) is 23.1 Å². The number of nitrogens with zero attached hydrogens (tertiary/aromatic N) is 5. The molecular weight excluding hydrogens is 481 g/mol. The number of carbonyl (C=O) groups excluding carboxylic acids is 2. The number of morpholine rings is 1. The van der Waals surface area contributed by atoms with Crippen LogP contribution in [0.1, 0.15) is 35.7 Å². The lowest BCUT2D eigenvalue weighted by molar-refractivity contribution is 0.0229. The summed E-state index contributed by atoms with van der Waals surface area (Å²) in [4.78, 5) is 28.5. The van der Waals surface area contributed by atoms with Gasteiger partial charge in [0.1, 0.15) is 18.0 Å². The van der Waals surface area contributed by atoms with Crippen molar-refractivity contribution in [1.82, 2.24) is 19.6 Å². The van der Waals surface area contributed by atoms with Crippen molar-refractivity contribution < 1.29 is 23.5 Å². The number of rotatable bonds is 9. The first-order chi connectivity index (χ1) is 17.9. The number of hydrogen-bond acceptors (Lipinski definition) is 8. The van der Waals surface area contributed by atoms with Crippen LogP contribution in [0.5, 0.6) is 0 Å². The third-order valence-corrected chi connectivity index (χ3v) is 6.82. The summed E-state index contributed by atoms with van der Waals surface area (Å²) in [6.45, 7) is 5.12. The first-order valence-corrected chi connectivity index (χ1v) is 12.4. The van der Waals surface area contributed by atoms with E-state index in [-0.39, 0.29) is 41.7 Å². The fourth-order valence-electron chi connectivity index (χ4n) is 4.72. The maximum atomic E-state index is 13.3. The van der Waals surface area contributed by atoms with E-state index in [4.69, 9.17) is 15.2 Å². The smallest absolute Gasteiger partial charge is 0.409 e. The molecule has 0 radical (unpaired) electrons. The van der Waals surface area contributed by atoms with Gasteiger partial charge in [0, 0.05) is 44.6 Å². The van der Waals surface area contributed by atoms with E-state index in [0.29, 0.717) is 58.0 Å². The Morgan fingerprint density at radius 1 is 1.22 bits per heavy atom. The fourth-order valence-corrected chi connectivity index (χ4v) is 4.72. The summed E-state index contributed by atoms with van der Waals surface area (Å²) in [6, 6.07) is 7.56. The van der Waals surface area contributed by atoms with Crippen molar-refractivity contribution >= 4 is 23.5 Å². The van der Waals surface area contributed by atoms with Gasteiger partial charge in [0.15, 0.2) is 5.82 Å². The standard InChI is InChI=1S/C25H32FN7O4/c26-19-1-3-20(4-2-19)29-24-21(23(28)34)17-33(30-24)22(5-8-27)18-6-9-32(10-7-18)25(35)37-16-13-31-11-14-36-15-12-31/h1-4,17-18,22H,5-7,9-16H2,(H2,28,34)(H,29,30). The average Bonchev–Trinajstić information content (AvgIpc) is 3.33. The van der Waals surface area contributed by atoms with Crippen LogP contribution in [0.4, 0.5) is 20.7 Å².